The molecule has 0 aromatic heterocycles. The Balaban J connectivity index is 1.41. The van der Waals surface area contributed by atoms with Crippen molar-refractivity contribution in [2.45, 2.75) is 87.5 Å². The van der Waals surface area contributed by atoms with Crippen LogP contribution in [0.1, 0.15) is 77.0 Å². The summed E-state index contributed by atoms with van der Waals surface area (Å²) in [5.41, 5.74) is 0. The summed E-state index contributed by atoms with van der Waals surface area (Å²) in [6, 6.07) is 0. The summed E-state index contributed by atoms with van der Waals surface area (Å²) in [5, 5.41) is 2.18. The summed E-state index contributed by atoms with van der Waals surface area (Å²) in [6.07, 6.45) is 18.9. The Hall–Kier alpha value is 0.350. The van der Waals surface area contributed by atoms with Crippen LogP contribution in [0.3, 0.4) is 0 Å². The van der Waals surface area contributed by atoms with Gasteiger partial charge in [0, 0.05) is 10.5 Å². The molecule has 5 rings (SSSR count). The molecule has 0 aromatic rings. The van der Waals surface area contributed by atoms with Crippen LogP contribution in [0.15, 0.2) is 0 Å². The number of rotatable bonds is 0. The number of thioether (sulfide) groups is 1. The highest BCUT2D eigenvalue weighted by Crippen LogP contribution is 2.63. The summed E-state index contributed by atoms with van der Waals surface area (Å²) < 4.78 is 0. The number of hydrogen-bond donors (Lipinski definition) is 0. The van der Waals surface area contributed by atoms with Crippen molar-refractivity contribution in [1.82, 2.24) is 0 Å². The molecule has 0 radical (unpaired) electrons. The minimum atomic E-state index is 1.08. The lowest BCUT2D eigenvalue weighted by Gasteiger charge is -2.47. The molecular formula is C20H32S. The smallest absolute Gasteiger partial charge is 0.0112 e. The molecule has 0 amide bonds. The lowest BCUT2D eigenvalue weighted by atomic mass is 9.57. The highest BCUT2D eigenvalue weighted by molar-refractivity contribution is 8.00. The zero-order valence-electron chi connectivity index (χ0n) is 13.5. The molecule has 21 heavy (non-hydrogen) atoms. The number of fused-ring (bicyclic) bond motifs is 7. The van der Waals surface area contributed by atoms with Gasteiger partial charge in [-0.1, -0.05) is 38.5 Å². The van der Waals surface area contributed by atoms with Crippen LogP contribution < -0.4 is 0 Å². The van der Waals surface area contributed by atoms with Crippen molar-refractivity contribution < 1.29 is 0 Å². The third kappa shape index (κ3) is 2.16. The van der Waals surface area contributed by atoms with Gasteiger partial charge < -0.3 is 0 Å². The average molecular weight is 305 g/mol. The van der Waals surface area contributed by atoms with Gasteiger partial charge in [-0.25, -0.2) is 0 Å². The van der Waals surface area contributed by atoms with Crippen LogP contribution in [0.25, 0.3) is 0 Å². The van der Waals surface area contributed by atoms with Crippen molar-refractivity contribution in [2.24, 2.45) is 35.5 Å². The molecule has 0 nitrogen and oxygen atoms in total. The second kappa shape index (κ2) is 5.46. The lowest BCUT2D eigenvalue weighted by molar-refractivity contribution is 0.0404. The van der Waals surface area contributed by atoms with Gasteiger partial charge in [-0.2, -0.15) is 11.8 Å². The Morgan fingerprint density at radius 3 is 2.05 bits per heavy atom. The molecule has 5 aliphatic rings. The molecule has 8 atom stereocenters. The summed E-state index contributed by atoms with van der Waals surface area (Å²) >= 11 is 2.52. The predicted octanol–water partition coefficient (Wildman–Crippen LogP) is 5.90. The largest absolute Gasteiger partial charge is 0.154 e. The zero-order valence-corrected chi connectivity index (χ0v) is 14.3. The van der Waals surface area contributed by atoms with Crippen molar-refractivity contribution >= 4 is 11.8 Å². The van der Waals surface area contributed by atoms with Crippen molar-refractivity contribution in [2.75, 3.05) is 0 Å². The van der Waals surface area contributed by atoms with Crippen LogP contribution >= 0.6 is 11.8 Å². The van der Waals surface area contributed by atoms with Crippen molar-refractivity contribution in [3.8, 4) is 0 Å². The first kappa shape index (κ1) is 13.8. The molecular weight excluding hydrogens is 272 g/mol. The van der Waals surface area contributed by atoms with Crippen molar-refractivity contribution in [3.63, 3.8) is 0 Å². The fourth-order valence-electron chi connectivity index (χ4n) is 7.43. The third-order valence-electron chi connectivity index (χ3n) is 8.22. The first-order chi connectivity index (χ1) is 10.4. The maximum absolute atomic E-state index is 2.52. The molecule has 8 unspecified atom stereocenters. The van der Waals surface area contributed by atoms with E-state index < -0.39 is 0 Å². The SMILES string of the molecule is C1CCC2C(C1)CCC1C2SC2CCC3CCCCC3C21. The fourth-order valence-corrected chi connectivity index (χ4v) is 9.77. The van der Waals surface area contributed by atoms with E-state index in [4.69, 9.17) is 0 Å². The first-order valence-electron chi connectivity index (χ1n) is 10.1. The second-order valence-corrected chi connectivity index (χ2v) is 10.4. The fraction of sp³-hybridized carbons (Fsp3) is 1.00. The Bertz CT molecular complexity index is 391. The van der Waals surface area contributed by atoms with Gasteiger partial charge in [0.05, 0.1) is 0 Å². The van der Waals surface area contributed by atoms with E-state index in [0.29, 0.717) is 0 Å². The molecule has 0 spiro atoms. The average Bonchev–Trinajstić information content (AvgIpc) is 2.94. The summed E-state index contributed by atoms with van der Waals surface area (Å²) in [5.74, 6) is 6.86. The monoisotopic (exact) mass is 304 g/mol. The minimum Gasteiger partial charge on any atom is -0.154 e. The van der Waals surface area contributed by atoms with E-state index >= 15 is 0 Å². The van der Waals surface area contributed by atoms with Gasteiger partial charge in [0.15, 0.2) is 0 Å². The van der Waals surface area contributed by atoms with Crippen molar-refractivity contribution in [1.29, 1.82) is 0 Å². The summed E-state index contributed by atoms with van der Waals surface area (Å²) in [6.45, 7) is 0. The van der Waals surface area contributed by atoms with Gasteiger partial charge in [-0.15, -0.1) is 0 Å². The van der Waals surface area contributed by atoms with Crippen LogP contribution in [0.2, 0.25) is 0 Å². The molecule has 5 fully saturated rings. The van der Waals surface area contributed by atoms with Gasteiger partial charge in [-0.05, 0) is 74.0 Å². The minimum absolute atomic E-state index is 1.08. The molecule has 0 N–H and O–H groups in total. The van der Waals surface area contributed by atoms with Crippen LogP contribution in [-0.2, 0) is 0 Å². The quantitative estimate of drug-likeness (QED) is 0.536. The van der Waals surface area contributed by atoms with Gasteiger partial charge in [0.1, 0.15) is 0 Å². The molecule has 1 saturated heterocycles. The van der Waals surface area contributed by atoms with Gasteiger partial charge >= 0.3 is 0 Å². The van der Waals surface area contributed by atoms with Crippen LogP contribution in [-0.4, -0.2) is 10.5 Å². The van der Waals surface area contributed by atoms with E-state index in [1.54, 1.807) is 77.0 Å². The molecule has 118 valence electrons. The lowest BCUT2D eigenvalue weighted by Crippen LogP contribution is -2.43. The highest BCUT2D eigenvalue weighted by atomic mass is 32.2. The van der Waals surface area contributed by atoms with E-state index in [2.05, 4.69) is 11.8 Å². The predicted molar refractivity (Wildman–Crippen MR) is 91.5 cm³/mol. The van der Waals surface area contributed by atoms with Gasteiger partial charge in [0.2, 0.25) is 0 Å². The number of hydrogen-bond acceptors (Lipinski definition) is 1. The van der Waals surface area contributed by atoms with E-state index in [0.717, 1.165) is 46.0 Å². The van der Waals surface area contributed by atoms with E-state index in [1.165, 1.54) is 0 Å². The Kier molecular flexibility index (Phi) is 3.58. The Labute approximate surface area is 135 Å². The van der Waals surface area contributed by atoms with Crippen LogP contribution in [0.4, 0.5) is 0 Å². The summed E-state index contributed by atoms with van der Waals surface area (Å²) in [4.78, 5) is 0. The van der Waals surface area contributed by atoms with Gasteiger partial charge in [0.25, 0.3) is 0 Å². The maximum atomic E-state index is 2.52. The molecule has 0 bridgehead atoms. The molecule has 1 aliphatic heterocycles. The zero-order chi connectivity index (χ0) is 13.8. The van der Waals surface area contributed by atoms with Gasteiger partial charge in [-0.3, -0.25) is 0 Å². The van der Waals surface area contributed by atoms with E-state index in [9.17, 15) is 0 Å². The maximum Gasteiger partial charge on any atom is 0.0112 e. The second-order valence-electron chi connectivity index (χ2n) is 8.95. The molecule has 0 aromatic carbocycles. The van der Waals surface area contributed by atoms with E-state index in [1.807, 2.05) is 0 Å². The topological polar surface area (TPSA) is 0 Å². The Morgan fingerprint density at radius 2 is 1.19 bits per heavy atom. The van der Waals surface area contributed by atoms with Crippen LogP contribution in [0.5, 0.6) is 0 Å². The molecule has 4 aliphatic carbocycles. The van der Waals surface area contributed by atoms with E-state index in [-0.39, 0.29) is 0 Å². The van der Waals surface area contributed by atoms with Crippen molar-refractivity contribution in [3.05, 3.63) is 0 Å². The highest BCUT2D eigenvalue weighted by Gasteiger charge is 2.55. The normalized spacial score (nSPS) is 56.0. The molecule has 1 heterocycles. The molecule has 1 heteroatoms. The first-order valence-corrected chi connectivity index (χ1v) is 11.0. The molecule has 4 saturated carbocycles. The standard InChI is InChI=1S/C20H32S/c1-3-7-15-13(5-1)10-12-18-19(15)17-11-9-14-6-2-4-8-16(14)20(17)21-18/h13-20H,1-12H2. The van der Waals surface area contributed by atoms with Crippen LogP contribution in [0, 0.1) is 35.5 Å². The summed E-state index contributed by atoms with van der Waals surface area (Å²) in [7, 11) is 0. The third-order valence-corrected chi connectivity index (χ3v) is 10.1. The Morgan fingerprint density at radius 1 is 0.524 bits per heavy atom.